The number of likely N-dealkylation sites (tertiary alicyclic amines) is 1. The number of nitrogens with one attached hydrogen (secondary N) is 3. The zero-order chi connectivity index (χ0) is 25.1. The summed E-state index contributed by atoms with van der Waals surface area (Å²) in [5.41, 5.74) is 4.51. The smallest absolute Gasteiger partial charge is 0.276 e. The molecule has 0 aliphatic carbocycles. The van der Waals surface area contributed by atoms with Gasteiger partial charge in [0, 0.05) is 29.9 Å². The Bertz CT molecular complexity index is 1490. The van der Waals surface area contributed by atoms with Crippen molar-refractivity contribution in [2.24, 2.45) is 0 Å². The molecule has 0 spiro atoms. The van der Waals surface area contributed by atoms with Crippen LogP contribution in [-0.4, -0.2) is 58.7 Å². The van der Waals surface area contributed by atoms with Crippen LogP contribution < -0.4 is 10.0 Å². The van der Waals surface area contributed by atoms with E-state index in [0.29, 0.717) is 11.1 Å². The van der Waals surface area contributed by atoms with Crippen molar-refractivity contribution < 1.29 is 13.2 Å². The average Bonchev–Trinajstić information content (AvgIpc) is 3.29. The van der Waals surface area contributed by atoms with Gasteiger partial charge in [-0.2, -0.15) is 5.10 Å². The summed E-state index contributed by atoms with van der Waals surface area (Å²) < 4.78 is 25.0. The number of hydrogen-bond donors (Lipinski definition) is 3. The molecule has 1 aliphatic rings. The zero-order valence-corrected chi connectivity index (χ0v) is 20.7. The highest BCUT2D eigenvalue weighted by Crippen LogP contribution is 2.27. The summed E-state index contributed by atoms with van der Waals surface area (Å²) in [6.07, 6.45) is 9.96. The van der Waals surface area contributed by atoms with Crippen LogP contribution >= 0.6 is 0 Å². The molecule has 1 aliphatic heterocycles. The van der Waals surface area contributed by atoms with Gasteiger partial charge in [0.2, 0.25) is 10.0 Å². The highest BCUT2D eigenvalue weighted by Gasteiger charge is 2.16. The van der Waals surface area contributed by atoms with Crippen molar-refractivity contribution in [2.75, 3.05) is 29.4 Å². The molecule has 0 bridgehead atoms. The maximum absolute atomic E-state index is 13.0. The lowest BCUT2D eigenvalue weighted by atomic mass is 10.0. The molecule has 4 aromatic rings. The molecule has 10 nitrogen and oxygen atoms in total. The van der Waals surface area contributed by atoms with Gasteiger partial charge in [-0.25, -0.2) is 13.4 Å². The molecule has 0 unspecified atom stereocenters. The quantitative estimate of drug-likeness (QED) is 0.349. The number of carbonyl (C=O) groups excluding carboxylic acids is 1. The lowest BCUT2D eigenvalue weighted by molar-refractivity contribution is 0.102. The van der Waals surface area contributed by atoms with Gasteiger partial charge in [0.15, 0.2) is 5.69 Å². The van der Waals surface area contributed by atoms with Crippen LogP contribution in [0.4, 0.5) is 11.5 Å². The number of fused-ring (bicyclic) bond motifs is 1. The predicted molar refractivity (Wildman–Crippen MR) is 139 cm³/mol. The molecule has 36 heavy (non-hydrogen) atoms. The Hall–Kier alpha value is -3.83. The first-order valence-corrected chi connectivity index (χ1v) is 13.6. The number of H-pyrrole nitrogens is 1. The third-order valence-electron chi connectivity index (χ3n) is 6.07. The normalized spacial score (nSPS) is 14.6. The first kappa shape index (κ1) is 23.9. The molecule has 5 rings (SSSR count). The zero-order valence-electron chi connectivity index (χ0n) is 19.9. The summed E-state index contributed by atoms with van der Waals surface area (Å²) in [7, 11) is -3.43. The Kier molecular flexibility index (Phi) is 6.66. The van der Waals surface area contributed by atoms with E-state index in [1.807, 2.05) is 30.6 Å². The minimum absolute atomic E-state index is 0.168. The lowest BCUT2D eigenvalue weighted by Gasteiger charge is -2.26. The first-order valence-electron chi connectivity index (χ1n) is 11.7. The van der Waals surface area contributed by atoms with Gasteiger partial charge in [0.05, 0.1) is 23.7 Å². The molecule has 3 aromatic heterocycles. The second kappa shape index (κ2) is 10.0. The summed E-state index contributed by atoms with van der Waals surface area (Å²) in [5, 5.41) is 10.6. The van der Waals surface area contributed by atoms with Crippen molar-refractivity contribution in [1.82, 2.24) is 25.1 Å². The fraction of sp³-hybridized carbons (Fsp3) is 0.280. The summed E-state index contributed by atoms with van der Waals surface area (Å²) in [4.78, 5) is 23.9. The number of nitrogens with zero attached hydrogens (tertiary/aromatic N) is 4. The van der Waals surface area contributed by atoms with Gasteiger partial charge in [0.1, 0.15) is 5.82 Å². The van der Waals surface area contributed by atoms with E-state index < -0.39 is 15.9 Å². The van der Waals surface area contributed by atoms with Gasteiger partial charge in [-0.15, -0.1) is 0 Å². The largest absolute Gasteiger partial charge is 0.319 e. The predicted octanol–water partition coefficient (Wildman–Crippen LogP) is 3.63. The van der Waals surface area contributed by atoms with E-state index in [1.54, 1.807) is 6.07 Å². The minimum atomic E-state index is -3.43. The summed E-state index contributed by atoms with van der Waals surface area (Å²) in [5.74, 6) is -0.234. The van der Waals surface area contributed by atoms with E-state index >= 15 is 0 Å². The number of hydrogen-bond acceptors (Lipinski definition) is 7. The van der Waals surface area contributed by atoms with E-state index in [4.69, 9.17) is 0 Å². The van der Waals surface area contributed by atoms with Gasteiger partial charge in [-0.1, -0.05) is 12.5 Å². The second-order valence-electron chi connectivity index (χ2n) is 9.01. The van der Waals surface area contributed by atoms with E-state index in [1.165, 1.54) is 37.1 Å². The number of aromatic amines is 1. The molecule has 1 amide bonds. The highest BCUT2D eigenvalue weighted by atomic mass is 32.2. The molecule has 4 heterocycles. The number of sulfonamides is 1. The van der Waals surface area contributed by atoms with Gasteiger partial charge in [-0.05, 0) is 67.4 Å². The van der Waals surface area contributed by atoms with Crippen LogP contribution in [0.2, 0.25) is 0 Å². The van der Waals surface area contributed by atoms with Crippen molar-refractivity contribution in [2.45, 2.75) is 25.8 Å². The minimum Gasteiger partial charge on any atom is -0.319 e. The SMILES string of the molecule is CS(=O)(=O)Nc1ccc(NC(=O)c2n[nH]c3ccc(-c4cncc(CN5CCCCC5)c4)cc23)cn1. The Morgan fingerprint density at radius 1 is 1.03 bits per heavy atom. The molecule has 1 saturated heterocycles. The molecule has 1 aromatic carbocycles. The van der Waals surface area contributed by atoms with Gasteiger partial charge >= 0.3 is 0 Å². The number of amides is 1. The average molecular weight is 506 g/mol. The van der Waals surface area contributed by atoms with E-state index in [-0.39, 0.29) is 11.5 Å². The van der Waals surface area contributed by atoms with Crippen molar-refractivity contribution in [1.29, 1.82) is 0 Å². The van der Waals surface area contributed by atoms with Crippen molar-refractivity contribution >= 4 is 38.3 Å². The van der Waals surface area contributed by atoms with Crippen LogP contribution in [0.1, 0.15) is 35.3 Å². The Balaban J connectivity index is 1.35. The van der Waals surface area contributed by atoms with Gasteiger partial charge in [0.25, 0.3) is 5.91 Å². The molecule has 0 radical (unpaired) electrons. The summed E-state index contributed by atoms with van der Waals surface area (Å²) in [6.45, 7) is 3.13. The highest BCUT2D eigenvalue weighted by molar-refractivity contribution is 7.92. The maximum atomic E-state index is 13.0. The fourth-order valence-electron chi connectivity index (χ4n) is 4.38. The topological polar surface area (TPSA) is 133 Å². The van der Waals surface area contributed by atoms with E-state index in [9.17, 15) is 13.2 Å². The van der Waals surface area contributed by atoms with Crippen LogP contribution in [0.5, 0.6) is 0 Å². The Morgan fingerprint density at radius 2 is 1.86 bits per heavy atom. The van der Waals surface area contributed by atoms with Crippen molar-refractivity contribution in [3.63, 3.8) is 0 Å². The number of piperidine rings is 1. The molecular formula is C25H27N7O3S. The third-order valence-corrected chi connectivity index (χ3v) is 6.65. The Labute approximate surface area is 209 Å². The molecular weight excluding hydrogens is 478 g/mol. The number of benzene rings is 1. The standard InChI is InChI=1S/C25H27N7O3S/c1-36(34,35)31-23-8-6-20(15-27-23)28-25(33)24-21-12-18(5-7-22(21)29-30-24)19-11-17(13-26-14-19)16-32-9-3-2-4-10-32/h5-8,11-15H,2-4,9-10,16H2,1H3,(H,27,31)(H,28,33)(H,29,30). The molecule has 1 fully saturated rings. The molecule has 0 atom stereocenters. The van der Waals surface area contributed by atoms with Crippen LogP contribution in [-0.2, 0) is 16.6 Å². The monoisotopic (exact) mass is 505 g/mol. The number of aromatic nitrogens is 4. The van der Waals surface area contributed by atoms with Gasteiger partial charge in [-0.3, -0.25) is 24.5 Å². The molecule has 186 valence electrons. The number of anilines is 2. The molecule has 0 saturated carbocycles. The number of carbonyl (C=O) groups is 1. The van der Waals surface area contributed by atoms with Crippen LogP contribution in [0.3, 0.4) is 0 Å². The maximum Gasteiger partial charge on any atom is 0.276 e. The number of rotatable bonds is 7. The molecule has 11 heteroatoms. The van der Waals surface area contributed by atoms with Crippen LogP contribution in [0.15, 0.2) is 55.0 Å². The number of pyridine rings is 2. The van der Waals surface area contributed by atoms with E-state index in [0.717, 1.165) is 42.5 Å². The van der Waals surface area contributed by atoms with Crippen molar-refractivity contribution in [3.8, 4) is 11.1 Å². The Morgan fingerprint density at radius 3 is 2.61 bits per heavy atom. The molecule has 3 N–H and O–H groups in total. The van der Waals surface area contributed by atoms with E-state index in [2.05, 4.69) is 41.2 Å². The first-order chi connectivity index (χ1) is 17.3. The van der Waals surface area contributed by atoms with Crippen molar-refractivity contribution in [3.05, 3.63) is 66.2 Å². The van der Waals surface area contributed by atoms with Gasteiger partial charge < -0.3 is 5.32 Å². The second-order valence-corrected chi connectivity index (χ2v) is 10.8. The fourth-order valence-corrected chi connectivity index (χ4v) is 4.88. The summed E-state index contributed by atoms with van der Waals surface area (Å²) in [6, 6.07) is 11.0. The summed E-state index contributed by atoms with van der Waals surface area (Å²) >= 11 is 0. The lowest BCUT2D eigenvalue weighted by Crippen LogP contribution is -2.29. The van der Waals surface area contributed by atoms with Crippen LogP contribution in [0.25, 0.3) is 22.0 Å². The third kappa shape index (κ3) is 5.69. The van der Waals surface area contributed by atoms with Crippen LogP contribution in [0, 0.1) is 0 Å².